The monoisotopic (exact) mass is 498 g/mol. The molecule has 190 valence electrons. The zero-order valence-electron chi connectivity index (χ0n) is 20.2. The van der Waals surface area contributed by atoms with Crippen molar-refractivity contribution in [3.8, 4) is 0 Å². The number of hydrogen-bond donors (Lipinski definition) is 1. The molecule has 1 aliphatic rings. The number of halogens is 2. The quantitative estimate of drug-likeness (QED) is 0.474. The molecule has 0 radical (unpaired) electrons. The largest absolute Gasteiger partial charge is 0.481 e. The first-order valence-electron chi connectivity index (χ1n) is 12.0. The maximum absolute atomic E-state index is 13.6. The number of amides is 1. The van der Waals surface area contributed by atoms with Crippen molar-refractivity contribution in [1.29, 1.82) is 0 Å². The first-order valence-corrected chi connectivity index (χ1v) is 12.0. The van der Waals surface area contributed by atoms with Crippen LogP contribution in [0.25, 0.3) is 11.2 Å². The lowest BCUT2D eigenvalue weighted by Crippen LogP contribution is -2.46. The fourth-order valence-corrected chi connectivity index (χ4v) is 4.64. The highest BCUT2D eigenvalue weighted by Gasteiger charge is 2.49. The van der Waals surface area contributed by atoms with Crippen LogP contribution in [0.5, 0.6) is 0 Å². The highest BCUT2D eigenvalue weighted by Crippen LogP contribution is 2.43. The zero-order chi connectivity index (χ0) is 26.0. The van der Waals surface area contributed by atoms with Crippen LogP contribution < -0.4 is 10.5 Å². The van der Waals surface area contributed by atoms with E-state index in [1.807, 2.05) is 37.3 Å². The summed E-state index contributed by atoms with van der Waals surface area (Å²) in [6.07, 6.45) is -0.0274. The Morgan fingerprint density at radius 3 is 2.47 bits per heavy atom. The first-order chi connectivity index (χ1) is 17.1. The highest BCUT2D eigenvalue weighted by atomic mass is 19.3. The molecule has 2 heterocycles. The Bertz CT molecular complexity index is 1340. The van der Waals surface area contributed by atoms with Crippen molar-refractivity contribution in [2.75, 3.05) is 11.9 Å². The first kappa shape index (κ1) is 25.4. The van der Waals surface area contributed by atoms with E-state index < -0.39 is 36.6 Å². The standard InChI is InChI=1S/C26H28F2N4O4/c1-3-20(16-8-5-4-6-9-16)32-23-18(29-19(25(32)36)10-7-11-22(33)34)12-13-21(30-23)31(2)24(35)17-14-26(27,28)15-17/h4-6,8-9,12-13,17,20H,3,7,10-11,14-15H2,1-2H3,(H,33,34)/t20-/m0/s1. The van der Waals surface area contributed by atoms with Gasteiger partial charge in [0.25, 0.3) is 5.56 Å². The van der Waals surface area contributed by atoms with Crippen LogP contribution in [-0.2, 0) is 16.0 Å². The van der Waals surface area contributed by atoms with Crippen LogP contribution in [0.15, 0.2) is 47.3 Å². The number of carbonyl (C=O) groups is 2. The molecule has 0 saturated heterocycles. The minimum atomic E-state index is -2.82. The molecule has 1 N–H and O–H groups in total. The summed E-state index contributed by atoms with van der Waals surface area (Å²) >= 11 is 0. The van der Waals surface area contributed by atoms with E-state index >= 15 is 0 Å². The summed E-state index contributed by atoms with van der Waals surface area (Å²) in [5.74, 6) is -4.75. The van der Waals surface area contributed by atoms with Crippen LogP contribution in [0, 0.1) is 5.92 Å². The van der Waals surface area contributed by atoms with E-state index in [4.69, 9.17) is 5.11 Å². The molecular weight excluding hydrogens is 470 g/mol. The number of benzene rings is 1. The fourth-order valence-electron chi connectivity index (χ4n) is 4.64. The maximum Gasteiger partial charge on any atom is 0.303 e. The number of carboxylic acid groups (broad SMARTS) is 1. The van der Waals surface area contributed by atoms with Gasteiger partial charge in [0.05, 0.1) is 6.04 Å². The van der Waals surface area contributed by atoms with E-state index in [9.17, 15) is 23.2 Å². The van der Waals surface area contributed by atoms with Crippen LogP contribution in [0.3, 0.4) is 0 Å². The smallest absolute Gasteiger partial charge is 0.303 e. The Morgan fingerprint density at radius 2 is 1.86 bits per heavy atom. The van der Waals surface area contributed by atoms with Crippen molar-refractivity contribution in [3.63, 3.8) is 0 Å². The summed E-state index contributed by atoms with van der Waals surface area (Å²) in [6, 6.07) is 12.3. The van der Waals surface area contributed by atoms with Crippen molar-refractivity contribution in [1.82, 2.24) is 14.5 Å². The normalized spacial score (nSPS) is 15.9. The molecule has 3 aromatic rings. The van der Waals surface area contributed by atoms with Crippen LogP contribution in [0.2, 0.25) is 0 Å². The number of pyridine rings is 1. The molecular formula is C26H28F2N4O4. The lowest BCUT2D eigenvalue weighted by atomic mass is 9.80. The Balaban J connectivity index is 1.80. The van der Waals surface area contributed by atoms with E-state index in [1.54, 1.807) is 16.7 Å². The van der Waals surface area contributed by atoms with E-state index in [-0.39, 0.29) is 48.0 Å². The third-order valence-electron chi connectivity index (χ3n) is 6.59. The zero-order valence-corrected chi connectivity index (χ0v) is 20.2. The molecule has 2 aromatic heterocycles. The number of anilines is 1. The number of nitrogens with zero attached hydrogens (tertiary/aromatic N) is 4. The van der Waals surface area contributed by atoms with E-state index in [2.05, 4.69) is 9.97 Å². The minimum absolute atomic E-state index is 0.0840. The van der Waals surface area contributed by atoms with Crippen molar-refractivity contribution >= 4 is 28.9 Å². The number of aromatic nitrogens is 3. The van der Waals surface area contributed by atoms with Gasteiger partial charge in [-0.1, -0.05) is 37.3 Å². The summed E-state index contributed by atoms with van der Waals surface area (Å²) in [6.45, 7) is 1.94. The van der Waals surface area contributed by atoms with Gasteiger partial charge in [0.15, 0.2) is 5.65 Å². The number of carboxylic acids is 1. The second-order valence-corrected chi connectivity index (χ2v) is 9.19. The molecule has 1 fully saturated rings. The molecule has 1 saturated carbocycles. The second-order valence-electron chi connectivity index (χ2n) is 9.19. The minimum Gasteiger partial charge on any atom is -0.481 e. The summed E-state index contributed by atoms with van der Waals surface area (Å²) in [7, 11) is 1.48. The predicted molar refractivity (Wildman–Crippen MR) is 130 cm³/mol. The topological polar surface area (TPSA) is 105 Å². The lowest BCUT2D eigenvalue weighted by molar-refractivity contribution is -0.147. The van der Waals surface area contributed by atoms with Crippen molar-refractivity contribution in [2.45, 2.75) is 57.4 Å². The van der Waals surface area contributed by atoms with Crippen LogP contribution >= 0.6 is 0 Å². The number of rotatable bonds is 9. The number of fused-ring (bicyclic) bond motifs is 1. The molecule has 1 amide bonds. The van der Waals surface area contributed by atoms with E-state index in [1.165, 1.54) is 11.9 Å². The molecule has 0 unspecified atom stereocenters. The predicted octanol–water partition coefficient (Wildman–Crippen LogP) is 4.21. The number of carbonyl (C=O) groups excluding carboxylic acids is 1. The van der Waals surface area contributed by atoms with Crippen LogP contribution in [0.1, 0.15) is 56.3 Å². The van der Waals surface area contributed by atoms with Crippen molar-refractivity contribution < 1.29 is 23.5 Å². The number of aliphatic carboxylic acids is 1. The highest BCUT2D eigenvalue weighted by molar-refractivity contribution is 5.95. The van der Waals surface area contributed by atoms with Gasteiger partial charge in [0, 0.05) is 32.2 Å². The lowest BCUT2D eigenvalue weighted by Gasteiger charge is -2.35. The Hall–Kier alpha value is -3.69. The molecule has 1 aliphatic carbocycles. The van der Waals surface area contributed by atoms with Crippen molar-refractivity contribution in [2.24, 2.45) is 5.92 Å². The van der Waals surface area contributed by atoms with Gasteiger partial charge < -0.3 is 5.11 Å². The Morgan fingerprint density at radius 1 is 1.17 bits per heavy atom. The summed E-state index contributed by atoms with van der Waals surface area (Å²) in [5.41, 5.74) is 1.46. The van der Waals surface area contributed by atoms with Gasteiger partial charge >= 0.3 is 5.97 Å². The van der Waals surface area contributed by atoms with Gasteiger partial charge in [0.2, 0.25) is 11.8 Å². The molecule has 1 atom stereocenters. The third-order valence-corrected chi connectivity index (χ3v) is 6.59. The molecule has 0 aliphatic heterocycles. The molecule has 1 aromatic carbocycles. The van der Waals surface area contributed by atoms with E-state index in [0.717, 1.165) is 5.56 Å². The van der Waals surface area contributed by atoms with Gasteiger partial charge in [-0.3, -0.25) is 23.9 Å². The molecule has 0 bridgehead atoms. The van der Waals surface area contributed by atoms with Gasteiger partial charge in [-0.05, 0) is 37.0 Å². The summed E-state index contributed by atoms with van der Waals surface area (Å²) < 4.78 is 28.2. The van der Waals surface area contributed by atoms with Crippen molar-refractivity contribution in [3.05, 3.63) is 64.1 Å². The Labute approximate surface area is 206 Å². The summed E-state index contributed by atoms with van der Waals surface area (Å²) in [5, 5.41) is 8.99. The fraction of sp³-hybridized carbons (Fsp3) is 0.423. The second kappa shape index (κ2) is 10.1. The number of aryl methyl sites for hydroxylation is 1. The molecule has 0 spiro atoms. The van der Waals surface area contributed by atoms with E-state index in [0.29, 0.717) is 11.9 Å². The maximum atomic E-state index is 13.6. The molecule has 4 rings (SSSR count). The van der Waals surface area contributed by atoms with Crippen LogP contribution in [-0.4, -0.2) is 44.5 Å². The van der Waals surface area contributed by atoms with Crippen LogP contribution in [0.4, 0.5) is 14.6 Å². The average molecular weight is 499 g/mol. The SMILES string of the molecule is CC[C@@H](c1ccccc1)n1c(=O)c(CCCC(=O)O)nc2ccc(N(C)C(=O)C3CC(F)(F)C3)nc21. The molecule has 8 nitrogen and oxygen atoms in total. The van der Waals surface area contributed by atoms with Gasteiger partial charge in [-0.2, -0.15) is 0 Å². The van der Waals surface area contributed by atoms with Gasteiger partial charge in [-0.15, -0.1) is 0 Å². The Kier molecular flexibility index (Phi) is 7.14. The molecule has 10 heteroatoms. The number of hydrogen-bond acceptors (Lipinski definition) is 5. The van der Waals surface area contributed by atoms with Gasteiger partial charge in [0.1, 0.15) is 17.0 Å². The molecule has 36 heavy (non-hydrogen) atoms. The van der Waals surface area contributed by atoms with Gasteiger partial charge in [-0.25, -0.2) is 18.7 Å². The third kappa shape index (κ3) is 5.12. The summed E-state index contributed by atoms with van der Waals surface area (Å²) in [4.78, 5) is 47.7. The number of alkyl halides is 2. The average Bonchev–Trinajstić information content (AvgIpc) is 2.84.